The lowest BCUT2D eigenvalue weighted by molar-refractivity contribution is -0.236. The van der Waals surface area contributed by atoms with Crippen molar-refractivity contribution in [1.29, 1.82) is 0 Å². The number of hydrogen-bond donors (Lipinski definition) is 14. The van der Waals surface area contributed by atoms with Crippen LogP contribution in [0.5, 0.6) is 5.75 Å². The molecule has 4 aromatic carbocycles. The molecule has 12 rings (SSSR count). The van der Waals surface area contributed by atoms with E-state index in [1.165, 1.54) is 31.1 Å². The third-order valence-electron chi connectivity index (χ3n) is 22.3. The summed E-state index contributed by atoms with van der Waals surface area (Å²) in [5.41, 5.74) is 2.57. The van der Waals surface area contributed by atoms with E-state index in [0.717, 1.165) is 16.0 Å². The van der Waals surface area contributed by atoms with Crippen LogP contribution in [0.25, 0.3) is 10.9 Å². The normalized spacial score (nSPS) is 27.6. The van der Waals surface area contributed by atoms with Crippen LogP contribution in [0.3, 0.4) is 0 Å². The molecule has 34 heteroatoms. The molecule has 8 heterocycles. The van der Waals surface area contributed by atoms with Gasteiger partial charge in [0.1, 0.15) is 84.4 Å². The molecule has 0 saturated carbocycles. The van der Waals surface area contributed by atoms with E-state index < -0.39 is 194 Å². The number of aryl methyl sites for hydroxylation is 1. The van der Waals surface area contributed by atoms with Gasteiger partial charge in [0.2, 0.25) is 70.9 Å². The number of rotatable bonds is 11. The summed E-state index contributed by atoms with van der Waals surface area (Å²) in [6, 6.07) is 14.8. The van der Waals surface area contributed by atoms with Crippen LogP contribution in [0.15, 0.2) is 97.2 Å². The van der Waals surface area contributed by atoms with Crippen molar-refractivity contribution < 1.29 is 102 Å². The fraction of sp³-hybridized carbons (Fsp3) is 0.531. The van der Waals surface area contributed by atoms with Crippen molar-refractivity contribution in [2.45, 2.75) is 221 Å². The zero-order chi connectivity index (χ0) is 82.2. The second kappa shape index (κ2) is 39.2. The highest BCUT2D eigenvalue weighted by atomic mass is 19.1. The fourth-order valence-electron chi connectivity index (χ4n) is 15.7. The number of hydrogen-bond acceptors (Lipinski definition) is 20. The Labute approximate surface area is 663 Å². The van der Waals surface area contributed by atoms with Crippen molar-refractivity contribution in [3.8, 4) is 5.75 Å². The van der Waals surface area contributed by atoms with Gasteiger partial charge < -0.3 is 107 Å². The number of aromatic nitrogens is 1. The van der Waals surface area contributed by atoms with Crippen molar-refractivity contribution >= 4 is 81.8 Å². The minimum absolute atomic E-state index is 0.0911. The summed E-state index contributed by atoms with van der Waals surface area (Å²) in [5, 5.41) is 77.1. The summed E-state index contributed by atoms with van der Waals surface area (Å²) >= 11 is 0. The molecule has 3 fully saturated rings. The largest absolute Gasteiger partial charge is 0.497 e. The first-order chi connectivity index (χ1) is 55.2. The van der Waals surface area contributed by atoms with Gasteiger partial charge in [-0.1, -0.05) is 67.1 Å². The molecule has 12 amide bonds. The first kappa shape index (κ1) is 85.4. The third kappa shape index (κ3) is 21.7. The van der Waals surface area contributed by atoms with Crippen LogP contribution in [-0.2, 0) is 112 Å². The molecule has 7 aliphatic rings. The maximum Gasteiger partial charge on any atom is 0.246 e. The molecule has 6 unspecified atom stereocenters. The Balaban J connectivity index is 0.980. The maximum atomic E-state index is 16.2. The quantitative estimate of drug-likeness (QED) is 0.0744. The van der Waals surface area contributed by atoms with Crippen LogP contribution < -0.4 is 52.6 Å². The second-order valence-electron chi connectivity index (χ2n) is 30.6. The smallest absolute Gasteiger partial charge is 0.246 e. The van der Waals surface area contributed by atoms with E-state index in [2.05, 4.69) is 47.9 Å². The van der Waals surface area contributed by atoms with Gasteiger partial charge in [0.15, 0.2) is 6.23 Å². The highest BCUT2D eigenvalue weighted by Crippen LogP contribution is 2.33. The zero-order valence-electron chi connectivity index (χ0n) is 64.7. The molecule has 7 aliphatic heterocycles. The molecule has 620 valence electrons. The van der Waals surface area contributed by atoms with Gasteiger partial charge in [-0.3, -0.25) is 57.5 Å². The first-order valence-corrected chi connectivity index (χ1v) is 39.3. The monoisotopic (exact) mass is 1600 g/mol. The van der Waals surface area contributed by atoms with Gasteiger partial charge >= 0.3 is 0 Å². The molecule has 115 heavy (non-hydrogen) atoms. The van der Waals surface area contributed by atoms with Gasteiger partial charge in [0.05, 0.1) is 25.9 Å². The number of benzene rings is 4. The molecule has 0 radical (unpaired) electrons. The summed E-state index contributed by atoms with van der Waals surface area (Å²) in [4.78, 5) is 182. The standard InChI is InChI=1S/C81H104FN13O20/c1-46(97)68-75(108)89-57(36-48-19-22-54(113-3)23-20-48)79(111)95-33-10-29-81(95,2)80(112)83-30-27-47-15-17-49(18-16-47)42-93-32-8-7-31-92-43-52(55-39-53(82)21-24-60(55)92)38-58-78(110)94-34-28-61(69(94)76(109)91-68)114-45-66(101)84-40-51-12-9-11-50(35-51)37-56(73(106)88-58)87-74(107)59(86-64(99)13-5-4-6-14-67(93)102)41-85-63(98)25-26-65(100)90-77-72(105)71(104)70(103)62(44-96)115-77/h9,11-12,15-24,35,39,43,46,56-59,61-62,68-72,77,96-97,103-105H,4-8,10,13-14,25-34,36-38,40-42,44-45H2,1-3H3,(H,83,112)(H,84,101)(H,85,98)(H,86,99)(H,87,107)(H,88,106)(H,89,108)(H,90,100)(H,91,109)/t46-,56+,57+,58+,59-,61?,62?,68+,69+,70?,71?,72?,77?,81+/m1/s1. The number of nitrogens with one attached hydrogen (secondary N) is 9. The van der Waals surface area contributed by atoms with E-state index in [1.54, 1.807) is 72.6 Å². The van der Waals surface area contributed by atoms with Crippen LogP contribution >= 0.6 is 0 Å². The van der Waals surface area contributed by atoms with Crippen molar-refractivity contribution in [3.05, 3.63) is 136 Å². The van der Waals surface area contributed by atoms with Crippen LogP contribution in [0.4, 0.5) is 4.39 Å². The SMILES string of the molecule is COc1ccc(C[C@@H]2NC(=O)[C@H]([C@@H](C)O)NC(=O)[C@@H]3C4CCN3C(=O)[C@@H]3Cc5cn(c6ccc(F)cc56)CCCCN(Cc5ccc(cc5)CCNC(=O)[C@]5(C)CCCN5C2=O)C(=O)CCCCCC(=O)N[C@H](CNC(=O)CCC(=O)NC2OC(CO)C(O)C(O)C2O)C(=O)N[C@@H](Cc2cccc(c2)CNC(=O)CO4)C(=O)N3)cc1. The summed E-state index contributed by atoms with van der Waals surface area (Å²) in [7, 11) is 1.48. The maximum absolute atomic E-state index is 16.2. The van der Waals surface area contributed by atoms with Gasteiger partial charge in [-0.25, -0.2) is 4.39 Å². The Hall–Kier alpha value is -10.5. The second-order valence-corrected chi connectivity index (χ2v) is 30.6. The molecular weight excluding hydrogens is 1490 g/mol. The van der Waals surface area contributed by atoms with Gasteiger partial charge in [0, 0.05) is 114 Å². The van der Waals surface area contributed by atoms with Crippen LogP contribution in [0, 0.1) is 5.82 Å². The van der Waals surface area contributed by atoms with Crippen LogP contribution in [0.1, 0.15) is 124 Å². The highest BCUT2D eigenvalue weighted by Gasteiger charge is 2.50. The Morgan fingerprint density at radius 1 is 0.678 bits per heavy atom. The molecule has 3 saturated heterocycles. The number of ether oxygens (including phenoxy) is 3. The number of methoxy groups -OCH3 is 1. The van der Waals surface area contributed by atoms with Crippen molar-refractivity contribution in [2.24, 2.45) is 0 Å². The Morgan fingerprint density at radius 2 is 1.41 bits per heavy atom. The zero-order valence-corrected chi connectivity index (χ0v) is 64.7. The van der Waals surface area contributed by atoms with E-state index in [4.69, 9.17) is 14.2 Å². The number of aliphatic hydroxyl groups excluding tert-OH is 5. The summed E-state index contributed by atoms with van der Waals surface area (Å²) in [6.07, 6.45) is -8.97. The van der Waals surface area contributed by atoms with Crippen molar-refractivity contribution in [1.82, 2.24) is 67.1 Å². The summed E-state index contributed by atoms with van der Waals surface area (Å²) < 4.78 is 34.8. The molecular formula is C81H104FN13O20. The van der Waals surface area contributed by atoms with Gasteiger partial charge in [0.25, 0.3) is 0 Å². The Bertz CT molecular complexity index is 4360. The van der Waals surface area contributed by atoms with Crippen molar-refractivity contribution in [2.75, 3.05) is 53.0 Å². The van der Waals surface area contributed by atoms with E-state index in [9.17, 15) is 54.3 Å². The van der Waals surface area contributed by atoms with Crippen molar-refractivity contribution in [3.63, 3.8) is 0 Å². The predicted molar refractivity (Wildman–Crippen MR) is 410 cm³/mol. The van der Waals surface area contributed by atoms with E-state index in [1.807, 2.05) is 28.8 Å². The lowest BCUT2D eigenvalue weighted by Gasteiger charge is -2.40. The minimum Gasteiger partial charge on any atom is -0.497 e. The minimum atomic E-state index is -1.88. The number of carbonyl (C=O) groups is 12. The number of aliphatic hydroxyl groups is 5. The molecule has 5 aromatic rings. The van der Waals surface area contributed by atoms with E-state index >= 15 is 33.2 Å². The average molecular weight is 1600 g/mol. The molecule has 0 aliphatic carbocycles. The van der Waals surface area contributed by atoms with Crippen LogP contribution in [0.2, 0.25) is 0 Å². The summed E-state index contributed by atoms with van der Waals surface area (Å²) in [6.45, 7) is 1.47. The first-order valence-electron chi connectivity index (χ1n) is 39.3. The van der Waals surface area contributed by atoms with Crippen LogP contribution in [-0.4, -0.2) is 253 Å². The number of amides is 12. The Morgan fingerprint density at radius 3 is 2.17 bits per heavy atom. The number of fused-ring (bicyclic) bond motifs is 16. The number of nitrogens with zero attached hydrogens (tertiary/aromatic N) is 4. The number of carbonyl (C=O) groups excluding carboxylic acids is 12. The topological polar surface area (TPSA) is 457 Å². The fourth-order valence-corrected chi connectivity index (χ4v) is 15.7. The number of halogens is 1. The summed E-state index contributed by atoms with van der Waals surface area (Å²) in [5.74, 6) is -9.60. The molecule has 33 nitrogen and oxygen atoms in total. The third-order valence-corrected chi connectivity index (χ3v) is 22.3. The van der Waals surface area contributed by atoms with Gasteiger partial charge in [-0.2, -0.15) is 0 Å². The molecule has 14 N–H and O–H groups in total. The predicted octanol–water partition coefficient (Wildman–Crippen LogP) is -1.12. The Kier molecular flexibility index (Phi) is 29.1. The van der Waals surface area contributed by atoms with E-state index in [-0.39, 0.29) is 83.6 Å². The van der Waals surface area contributed by atoms with Gasteiger partial charge in [-0.15, -0.1) is 0 Å². The molecule has 14 atom stereocenters. The highest BCUT2D eigenvalue weighted by molar-refractivity contribution is 6.00. The van der Waals surface area contributed by atoms with E-state index in [0.29, 0.717) is 90.5 Å². The lowest BCUT2D eigenvalue weighted by Crippen LogP contribution is -2.64. The van der Waals surface area contributed by atoms with Gasteiger partial charge in [-0.05, 0) is 129 Å². The molecule has 12 bridgehead atoms. The molecule has 0 spiro atoms. The molecule has 1 aromatic heterocycles. The lowest BCUT2D eigenvalue weighted by atomic mass is 9.95. The average Bonchev–Trinajstić information content (AvgIpc) is 1.66.